The molecule has 0 saturated carbocycles. The number of benzene rings is 3. The van der Waals surface area contributed by atoms with E-state index < -0.39 is 76.4 Å². The van der Waals surface area contributed by atoms with Gasteiger partial charge in [0, 0.05) is 116 Å². The number of piperidine rings is 2. The van der Waals surface area contributed by atoms with E-state index in [0.29, 0.717) is 110 Å². The molecule has 7 aromatic rings. The van der Waals surface area contributed by atoms with Gasteiger partial charge in [0.15, 0.2) is 11.2 Å². The predicted molar refractivity (Wildman–Crippen MR) is 343 cm³/mol. The summed E-state index contributed by atoms with van der Waals surface area (Å²) in [7, 11) is 0. The normalized spacial score (nSPS) is 17.3. The van der Waals surface area contributed by atoms with Gasteiger partial charge >= 0.3 is 17.9 Å². The highest BCUT2D eigenvalue weighted by Gasteiger charge is 2.34. The van der Waals surface area contributed by atoms with Gasteiger partial charge in [-0.2, -0.15) is 8.78 Å². The summed E-state index contributed by atoms with van der Waals surface area (Å²) in [6.07, 6.45) is 6.07. The van der Waals surface area contributed by atoms with Crippen molar-refractivity contribution < 1.29 is 78.0 Å². The number of aromatic nitrogens is 6. The largest absolute Gasteiger partial charge is 0.465 e. The molecule has 3 unspecified atom stereocenters. The Morgan fingerprint density at radius 1 is 0.566 bits per heavy atom. The summed E-state index contributed by atoms with van der Waals surface area (Å²) in [4.78, 5) is 107. The first-order chi connectivity index (χ1) is 47.7. The Labute approximate surface area is 564 Å². The molecule has 3 atom stereocenters. The molecule has 0 spiro atoms. The van der Waals surface area contributed by atoms with Crippen LogP contribution in [-0.2, 0) is 59.4 Å². The van der Waals surface area contributed by atoms with Crippen LogP contribution >= 0.6 is 0 Å². The number of hydrogen-bond acceptors (Lipinski definition) is 18. The Kier molecular flexibility index (Phi) is 23.4. The lowest BCUT2D eigenvalue weighted by Gasteiger charge is -2.31. The van der Waals surface area contributed by atoms with E-state index in [0.717, 1.165) is 74.0 Å². The van der Waals surface area contributed by atoms with Crippen LogP contribution in [0.25, 0.3) is 21.9 Å². The second kappa shape index (κ2) is 32.4. The summed E-state index contributed by atoms with van der Waals surface area (Å²) in [5, 5.41) is 15.1. The van der Waals surface area contributed by atoms with Gasteiger partial charge in [0.05, 0.1) is 23.2 Å². The van der Waals surface area contributed by atoms with Gasteiger partial charge in [0.2, 0.25) is 46.6 Å². The lowest BCUT2D eigenvalue weighted by Crippen LogP contribution is -2.43. The molecule has 2 fully saturated rings. The number of unbranched alkanes of at least 4 members (excludes halogenated alkanes) is 1. The maximum Gasteiger partial charge on any atom is 0.334 e. The van der Waals surface area contributed by atoms with Gasteiger partial charge in [-0.15, -0.1) is 0 Å². The van der Waals surface area contributed by atoms with Crippen molar-refractivity contribution in [2.45, 2.75) is 179 Å². The van der Waals surface area contributed by atoms with Crippen LogP contribution in [0.15, 0.2) is 55.0 Å². The Bertz CT molecular complexity index is 4230. The molecule has 0 bridgehead atoms. The molecule has 0 radical (unpaired) electrons. The average molecular weight is 1390 g/mol. The molecule has 0 aliphatic carbocycles. The van der Waals surface area contributed by atoms with Gasteiger partial charge in [-0.25, -0.2) is 36.7 Å². The van der Waals surface area contributed by atoms with Crippen LogP contribution < -0.4 is 26.5 Å². The second-order valence-electron chi connectivity index (χ2n) is 26.2. The number of nitrogens with zero attached hydrogens (tertiary/aromatic N) is 8. The fraction of sp³-hybridized carbons (Fsp3) is 0.529. The molecule has 22 nitrogen and oxygen atoms in total. The SMILES string of the molecule is Cc1nc2n(c(=O)c1CCN1CCC(c3noc4cc(F)ccc34)CC1)CCCC2COC(=O)CCCC(=O)NCCCCC(NC(=O)CCCC(=O)OCC1CCCn2c1nc(C)c(CCN1CCC(c3noc4cc(F)ccc34)CC1)c2=O)C(=O)Oc1c(F)c(F)c(F)c(F)c1F. The molecule has 2 saturated heterocycles. The van der Waals surface area contributed by atoms with Gasteiger partial charge in [0.1, 0.15) is 42.5 Å². The zero-order valence-electron chi connectivity index (χ0n) is 55.2. The van der Waals surface area contributed by atoms with Gasteiger partial charge in [-0.05, 0) is 161 Å². The number of carbonyl (C=O) groups is 5. The van der Waals surface area contributed by atoms with Gasteiger partial charge in [-0.1, -0.05) is 10.3 Å². The zero-order chi connectivity index (χ0) is 70.0. The number of likely N-dealkylation sites (tertiary alicyclic amines) is 2. The van der Waals surface area contributed by atoms with Crippen molar-refractivity contribution in [1.82, 2.24) is 49.8 Å². The molecule has 2 N–H and O–H groups in total. The van der Waals surface area contributed by atoms with Crippen LogP contribution in [0.1, 0.15) is 178 Å². The Morgan fingerprint density at radius 2 is 1.02 bits per heavy atom. The third-order valence-corrected chi connectivity index (χ3v) is 19.5. The summed E-state index contributed by atoms with van der Waals surface area (Å²) in [5.41, 5.74) is 4.69. The number of esters is 3. The van der Waals surface area contributed by atoms with Crippen molar-refractivity contribution in [3.05, 3.63) is 143 Å². The predicted octanol–water partition coefficient (Wildman–Crippen LogP) is 9.78. The molecule has 530 valence electrons. The summed E-state index contributed by atoms with van der Waals surface area (Å²) in [5.74, 6) is -18.0. The summed E-state index contributed by atoms with van der Waals surface area (Å²) >= 11 is 0. The number of aryl methyl sites for hydroxylation is 2. The zero-order valence-corrected chi connectivity index (χ0v) is 55.2. The smallest absolute Gasteiger partial charge is 0.334 e. The van der Waals surface area contributed by atoms with E-state index in [1.54, 1.807) is 28.2 Å². The fourth-order valence-electron chi connectivity index (χ4n) is 14.0. The minimum Gasteiger partial charge on any atom is -0.465 e. The molecule has 8 heterocycles. The number of amides is 2. The van der Waals surface area contributed by atoms with E-state index in [2.05, 4.69) is 35.5 Å². The standard InChI is InChI=1S/C70H79F7N10O12/c1-39-47(24-33-84-29-20-41(21-30-84)63-49-18-16-45(71)35-52(49)98-82-63)68(92)86-27-7-9-43(66(86)79-39)37-95-56(90)14-5-12-54(88)78-26-4-3-11-51(70(94)97-65-61(76)59(74)58(73)60(75)62(65)77)81-55(89)13-6-15-57(91)96-38-44-10-8-28-87-67(44)80-40(2)48(69(87)93)25-34-85-31-22-42(23-32-85)64-50-19-17-46(72)36-53(50)99-83-64/h16-19,35-36,41-44,51H,3-15,20-34,37-38H2,1-2H3,(H,78,88)(H,81,89). The van der Waals surface area contributed by atoms with E-state index in [1.807, 2.05) is 6.92 Å². The first-order valence-electron chi connectivity index (χ1n) is 34.0. The Hall–Kier alpha value is -8.86. The highest BCUT2D eigenvalue weighted by molar-refractivity contribution is 5.86. The highest BCUT2D eigenvalue weighted by Crippen LogP contribution is 2.36. The molecule has 3 aromatic carbocycles. The molecule has 2 amide bonds. The van der Waals surface area contributed by atoms with E-state index in [4.69, 9.17) is 28.5 Å². The lowest BCUT2D eigenvalue weighted by atomic mass is 9.91. The summed E-state index contributed by atoms with van der Waals surface area (Å²) in [6, 6.07) is 7.17. The third kappa shape index (κ3) is 17.1. The molecule has 4 aliphatic heterocycles. The lowest BCUT2D eigenvalue weighted by molar-refractivity contribution is -0.145. The number of nitrogens with one attached hydrogen (secondary N) is 2. The van der Waals surface area contributed by atoms with Crippen molar-refractivity contribution in [2.24, 2.45) is 0 Å². The van der Waals surface area contributed by atoms with Crippen molar-refractivity contribution >= 4 is 51.7 Å². The van der Waals surface area contributed by atoms with Crippen molar-refractivity contribution in [3.8, 4) is 5.75 Å². The number of halogens is 7. The van der Waals surface area contributed by atoms with Gasteiger partial charge in [-0.3, -0.25) is 37.9 Å². The van der Waals surface area contributed by atoms with Crippen LogP contribution in [0.3, 0.4) is 0 Å². The topological polar surface area (TPSA) is 265 Å². The fourth-order valence-corrected chi connectivity index (χ4v) is 14.0. The van der Waals surface area contributed by atoms with Crippen LogP contribution in [-0.4, -0.2) is 134 Å². The minimum atomic E-state index is -2.48. The third-order valence-electron chi connectivity index (χ3n) is 19.5. The maximum atomic E-state index is 14.6. The first-order valence-corrected chi connectivity index (χ1v) is 34.0. The molecule has 4 aliphatic rings. The summed E-state index contributed by atoms with van der Waals surface area (Å²) < 4.78 is 129. The molecule has 11 rings (SSSR count). The Morgan fingerprint density at radius 3 is 1.49 bits per heavy atom. The van der Waals surface area contributed by atoms with E-state index in [1.165, 1.54) is 24.3 Å². The number of rotatable bonds is 28. The molecule has 4 aromatic heterocycles. The highest BCUT2D eigenvalue weighted by atomic mass is 19.2. The monoisotopic (exact) mass is 1380 g/mol. The van der Waals surface area contributed by atoms with Gasteiger partial charge < -0.3 is 43.7 Å². The van der Waals surface area contributed by atoms with Crippen LogP contribution in [0, 0.1) is 54.6 Å². The molecular formula is C70H79F7N10O12. The first kappa shape index (κ1) is 71.4. The number of fused-ring (bicyclic) bond motifs is 4. The minimum absolute atomic E-state index is 0.00273. The maximum absolute atomic E-state index is 14.6. The van der Waals surface area contributed by atoms with Crippen LogP contribution in [0.5, 0.6) is 5.75 Å². The summed E-state index contributed by atoms with van der Waals surface area (Å²) in [6.45, 7) is 8.92. The molecule has 99 heavy (non-hydrogen) atoms. The molecule has 29 heteroatoms. The van der Waals surface area contributed by atoms with Crippen LogP contribution in [0.4, 0.5) is 30.7 Å². The number of hydrogen-bond donors (Lipinski definition) is 2. The van der Waals surface area contributed by atoms with E-state index in [-0.39, 0.29) is 118 Å². The number of ether oxygens (including phenoxy) is 3. The van der Waals surface area contributed by atoms with Crippen molar-refractivity contribution in [2.75, 3.05) is 59.0 Å². The van der Waals surface area contributed by atoms with Crippen LogP contribution in [0.2, 0.25) is 0 Å². The van der Waals surface area contributed by atoms with Gasteiger partial charge in [0.25, 0.3) is 11.1 Å². The van der Waals surface area contributed by atoms with E-state index >= 15 is 0 Å². The molecular weight excluding hydrogens is 1310 g/mol. The second-order valence-corrected chi connectivity index (χ2v) is 26.2. The average Bonchev–Trinajstić information content (AvgIpc) is 1.62. The van der Waals surface area contributed by atoms with Crippen molar-refractivity contribution in [1.29, 1.82) is 0 Å². The quantitative estimate of drug-likeness (QED) is 0.0115. The van der Waals surface area contributed by atoms with Crippen molar-refractivity contribution in [3.63, 3.8) is 0 Å². The number of carbonyl (C=O) groups excluding carboxylic acids is 5. The van der Waals surface area contributed by atoms with E-state index in [9.17, 15) is 64.3 Å². The Balaban J connectivity index is 0.589.